The zero-order valence-electron chi connectivity index (χ0n) is 13.5. The van der Waals surface area contributed by atoms with Gasteiger partial charge in [0.2, 0.25) is 0 Å². The summed E-state index contributed by atoms with van der Waals surface area (Å²) in [6.07, 6.45) is 4.49. The smallest absolute Gasteiger partial charge is 0.129 e. The van der Waals surface area contributed by atoms with E-state index in [0.717, 1.165) is 18.4 Å². The maximum atomic E-state index is 9.92. The van der Waals surface area contributed by atoms with E-state index in [-0.39, 0.29) is 0 Å². The van der Waals surface area contributed by atoms with Gasteiger partial charge in [-0.25, -0.2) is 0 Å². The van der Waals surface area contributed by atoms with Crippen molar-refractivity contribution in [2.24, 2.45) is 5.92 Å². The van der Waals surface area contributed by atoms with Gasteiger partial charge in [-0.3, -0.25) is 0 Å². The lowest BCUT2D eigenvalue weighted by Crippen LogP contribution is -2.18. The summed E-state index contributed by atoms with van der Waals surface area (Å²) in [7, 11) is -1.39. The molecule has 0 aromatic rings. The Balaban J connectivity index is 4.21. The topological polar surface area (TPSA) is 20.2 Å². The Bertz CT molecular complexity index is 372. The van der Waals surface area contributed by atoms with Crippen molar-refractivity contribution in [2.45, 2.75) is 65.8 Å². The summed E-state index contributed by atoms with van der Waals surface area (Å²) < 4.78 is 0. The molecule has 0 fully saturated rings. The Kier molecular flexibility index (Phi) is 8.05. The Morgan fingerprint density at radius 3 is 2.37 bits per heavy atom. The first-order valence-corrected chi connectivity index (χ1v) is 10.6. The molecule has 108 valence electrons. The highest BCUT2D eigenvalue weighted by Gasteiger charge is 2.12. The van der Waals surface area contributed by atoms with E-state index in [2.05, 4.69) is 64.5 Å². The van der Waals surface area contributed by atoms with Gasteiger partial charge < -0.3 is 5.11 Å². The molecule has 2 atom stereocenters. The molecule has 0 bridgehead atoms. The van der Waals surface area contributed by atoms with Crippen LogP contribution in [0.15, 0.2) is 23.8 Å². The largest absolute Gasteiger partial charge is 0.380 e. The second-order valence-corrected chi connectivity index (χ2v) is 11.4. The van der Waals surface area contributed by atoms with Crippen molar-refractivity contribution in [3.8, 4) is 11.5 Å². The maximum absolute atomic E-state index is 9.92. The number of aliphatic hydroxyl groups is 1. The van der Waals surface area contributed by atoms with E-state index in [1.165, 1.54) is 5.57 Å². The molecular formula is C17H30OSi. The zero-order chi connectivity index (χ0) is 15.1. The molecule has 0 spiro atoms. The van der Waals surface area contributed by atoms with E-state index in [1.54, 1.807) is 0 Å². The van der Waals surface area contributed by atoms with Gasteiger partial charge in [0.25, 0.3) is 0 Å². The molecule has 0 saturated heterocycles. The van der Waals surface area contributed by atoms with Crippen molar-refractivity contribution >= 4 is 8.07 Å². The van der Waals surface area contributed by atoms with Crippen molar-refractivity contribution in [3.05, 3.63) is 23.8 Å². The van der Waals surface area contributed by atoms with Crippen molar-refractivity contribution < 1.29 is 5.11 Å². The molecular weight excluding hydrogens is 248 g/mol. The Hall–Kier alpha value is -0.783. The minimum atomic E-state index is -1.39. The molecule has 0 aliphatic carbocycles. The van der Waals surface area contributed by atoms with Crippen molar-refractivity contribution in [1.29, 1.82) is 0 Å². The van der Waals surface area contributed by atoms with Crippen LogP contribution in [0.1, 0.15) is 40.0 Å². The van der Waals surface area contributed by atoms with E-state index in [4.69, 9.17) is 0 Å². The lowest BCUT2D eigenvalue weighted by Gasteiger charge is -2.15. The van der Waals surface area contributed by atoms with Gasteiger partial charge >= 0.3 is 0 Å². The van der Waals surface area contributed by atoms with Crippen LogP contribution in [-0.2, 0) is 0 Å². The maximum Gasteiger partial charge on any atom is 0.129 e. The molecule has 0 amide bonds. The molecule has 0 heterocycles. The third-order valence-electron chi connectivity index (χ3n) is 2.92. The van der Waals surface area contributed by atoms with Gasteiger partial charge in [-0.15, -0.1) is 5.54 Å². The number of rotatable bonds is 6. The Labute approximate surface area is 120 Å². The minimum Gasteiger partial charge on any atom is -0.380 e. The predicted octanol–water partition coefficient (Wildman–Crippen LogP) is 4.56. The molecule has 0 unspecified atom stereocenters. The van der Waals surface area contributed by atoms with Crippen molar-refractivity contribution in [2.75, 3.05) is 0 Å². The summed E-state index contributed by atoms with van der Waals surface area (Å²) in [6, 6.07) is 0. The van der Waals surface area contributed by atoms with Gasteiger partial charge in [0.15, 0.2) is 0 Å². The number of allylic oxidation sites excluding steroid dienone is 2. The molecule has 1 N–H and O–H groups in total. The molecule has 0 aromatic heterocycles. The van der Waals surface area contributed by atoms with Crippen LogP contribution < -0.4 is 0 Å². The SMILES string of the molecule is C=C(C[C@@H](O)C#C[Si](C)(C)C)[C@H](C)CCC=C(C)C. The molecule has 2 heteroatoms. The average molecular weight is 279 g/mol. The molecule has 0 radical (unpaired) electrons. The van der Waals surface area contributed by atoms with Gasteiger partial charge in [-0.1, -0.05) is 56.3 Å². The fraction of sp³-hybridized carbons (Fsp3) is 0.647. The fourth-order valence-electron chi connectivity index (χ4n) is 1.63. The first-order chi connectivity index (χ1) is 8.61. The molecule has 0 aliphatic heterocycles. The summed E-state index contributed by atoms with van der Waals surface area (Å²) in [6.45, 7) is 17.1. The summed E-state index contributed by atoms with van der Waals surface area (Å²) in [4.78, 5) is 0. The second kappa shape index (κ2) is 8.40. The van der Waals surface area contributed by atoms with Gasteiger partial charge in [0.05, 0.1) is 0 Å². The van der Waals surface area contributed by atoms with Crippen LogP contribution in [0.5, 0.6) is 0 Å². The lowest BCUT2D eigenvalue weighted by molar-refractivity contribution is 0.229. The van der Waals surface area contributed by atoms with Crippen molar-refractivity contribution in [3.63, 3.8) is 0 Å². The van der Waals surface area contributed by atoms with Crippen LogP contribution >= 0.6 is 0 Å². The normalized spacial score (nSPS) is 14.1. The predicted molar refractivity (Wildman–Crippen MR) is 88.7 cm³/mol. The van der Waals surface area contributed by atoms with Crippen LogP contribution in [0.25, 0.3) is 0 Å². The number of hydrogen-bond donors (Lipinski definition) is 1. The highest BCUT2D eigenvalue weighted by molar-refractivity contribution is 6.83. The highest BCUT2D eigenvalue weighted by atomic mass is 28.3. The molecule has 0 saturated carbocycles. The van der Waals surface area contributed by atoms with Gasteiger partial charge in [0.1, 0.15) is 14.2 Å². The van der Waals surface area contributed by atoms with Crippen LogP contribution in [0.3, 0.4) is 0 Å². The molecule has 1 nitrogen and oxygen atoms in total. The van der Waals surface area contributed by atoms with Crippen LogP contribution in [0.4, 0.5) is 0 Å². The third kappa shape index (κ3) is 10.8. The third-order valence-corrected chi connectivity index (χ3v) is 3.81. The first-order valence-electron chi connectivity index (χ1n) is 7.13. The van der Waals surface area contributed by atoms with Gasteiger partial charge in [-0.2, -0.15) is 0 Å². The molecule has 0 rings (SSSR count). The zero-order valence-corrected chi connectivity index (χ0v) is 14.5. The van der Waals surface area contributed by atoms with E-state index in [1.807, 2.05) is 0 Å². The molecule has 19 heavy (non-hydrogen) atoms. The molecule has 0 aliphatic rings. The Morgan fingerprint density at radius 1 is 1.32 bits per heavy atom. The van der Waals surface area contributed by atoms with Gasteiger partial charge in [-0.05, 0) is 32.6 Å². The highest BCUT2D eigenvalue weighted by Crippen LogP contribution is 2.20. The average Bonchev–Trinajstić information content (AvgIpc) is 2.24. The van der Waals surface area contributed by atoms with E-state index < -0.39 is 14.2 Å². The molecule has 0 aromatic carbocycles. The van der Waals surface area contributed by atoms with E-state index >= 15 is 0 Å². The summed E-state index contributed by atoms with van der Waals surface area (Å²) in [5.41, 5.74) is 5.68. The van der Waals surface area contributed by atoms with Crippen LogP contribution in [0.2, 0.25) is 19.6 Å². The summed E-state index contributed by atoms with van der Waals surface area (Å²) in [5.74, 6) is 3.42. The number of aliphatic hydroxyl groups excluding tert-OH is 1. The quantitative estimate of drug-likeness (QED) is 0.429. The summed E-state index contributed by atoms with van der Waals surface area (Å²) >= 11 is 0. The fourth-order valence-corrected chi connectivity index (χ4v) is 2.23. The van der Waals surface area contributed by atoms with Crippen LogP contribution in [0, 0.1) is 17.4 Å². The number of hydrogen-bond acceptors (Lipinski definition) is 1. The summed E-state index contributed by atoms with van der Waals surface area (Å²) in [5, 5.41) is 9.92. The Morgan fingerprint density at radius 2 is 1.89 bits per heavy atom. The van der Waals surface area contributed by atoms with E-state index in [9.17, 15) is 5.11 Å². The van der Waals surface area contributed by atoms with Crippen LogP contribution in [-0.4, -0.2) is 19.3 Å². The van der Waals surface area contributed by atoms with Gasteiger partial charge in [0, 0.05) is 6.42 Å². The first kappa shape index (κ1) is 18.2. The van der Waals surface area contributed by atoms with E-state index in [0.29, 0.717) is 12.3 Å². The second-order valence-electron chi connectivity index (χ2n) is 6.66. The monoisotopic (exact) mass is 278 g/mol. The minimum absolute atomic E-state index is 0.443. The standard InChI is InChI=1S/C17H30OSi/c1-14(2)9-8-10-15(3)16(4)13-17(18)11-12-19(5,6)7/h9,15,17-18H,4,8,10,13H2,1-3,5-7H3/t15-,17+/m1/s1. The lowest BCUT2D eigenvalue weighted by atomic mass is 9.93. The van der Waals surface area contributed by atoms with Crippen molar-refractivity contribution in [1.82, 2.24) is 0 Å².